The van der Waals surface area contributed by atoms with E-state index in [-0.39, 0.29) is 6.54 Å². The highest BCUT2D eigenvalue weighted by Crippen LogP contribution is 2.33. The molecule has 0 radical (unpaired) electrons. The van der Waals surface area contributed by atoms with Gasteiger partial charge in [-0.1, -0.05) is 42.7 Å². The predicted octanol–water partition coefficient (Wildman–Crippen LogP) is 8.08. The lowest BCUT2D eigenvalue weighted by molar-refractivity contribution is -0.137. The summed E-state index contributed by atoms with van der Waals surface area (Å²) >= 11 is 0. The molecular weight excluding hydrogens is 501 g/mol. The molecular formula is C31H35F3N4O. The van der Waals surface area contributed by atoms with E-state index in [4.69, 9.17) is 9.40 Å². The summed E-state index contributed by atoms with van der Waals surface area (Å²) in [5, 5.41) is 1.02. The second-order valence-electron chi connectivity index (χ2n) is 10.7. The van der Waals surface area contributed by atoms with Gasteiger partial charge in [-0.15, -0.1) is 0 Å². The van der Waals surface area contributed by atoms with Gasteiger partial charge in [0.1, 0.15) is 12.1 Å². The Bertz CT molecular complexity index is 1430. The fraction of sp³-hybridized carbons (Fsp3) is 0.419. The van der Waals surface area contributed by atoms with E-state index in [1.165, 1.54) is 37.8 Å². The Balaban J connectivity index is 1.55. The molecule has 1 saturated carbocycles. The van der Waals surface area contributed by atoms with Crippen molar-refractivity contribution in [2.45, 2.75) is 65.7 Å². The Labute approximate surface area is 227 Å². The molecule has 0 unspecified atom stereocenters. The van der Waals surface area contributed by atoms with Gasteiger partial charge in [0.05, 0.1) is 23.3 Å². The monoisotopic (exact) mass is 536 g/mol. The number of aromatic nitrogens is 2. The van der Waals surface area contributed by atoms with Crippen LogP contribution in [-0.4, -0.2) is 23.1 Å². The van der Waals surface area contributed by atoms with Crippen molar-refractivity contribution in [1.29, 1.82) is 0 Å². The lowest BCUT2D eigenvalue weighted by Gasteiger charge is -2.30. The number of hydrogen-bond donors (Lipinski definition) is 0. The lowest BCUT2D eigenvalue weighted by Crippen LogP contribution is -2.31. The highest BCUT2D eigenvalue weighted by Gasteiger charge is 2.31. The minimum Gasteiger partial charge on any atom is -0.432 e. The number of benzene rings is 2. The van der Waals surface area contributed by atoms with Gasteiger partial charge < -0.3 is 14.2 Å². The Morgan fingerprint density at radius 3 is 2.41 bits per heavy atom. The number of hydrogen-bond acceptors (Lipinski definition) is 5. The third-order valence-electron chi connectivity index (χ3n) is 7.49. The molecule has 0 spiro atoms. The van der Waals surface area contributed by atoms with Crippen LogP contribution in [-0.2, 0) is 19.3 Å². The van der Waals surface area contributed by atoms with Crippen LogP contribution in [0.1, 0.15) is 60.6 Å². The van der Waals surface area contributed by atoms with Crippen LogP contribution in [0.3, 0.4) is 0 Å². The molecule has 5 nitrogen and oxygen atoms in total. The highest BCUT2D eigenvalue weighted by molar-refractivity contribution is 5.82. The highest BCUT2D eigenvalue weighted by atomic mass is 19.4. The van der Waals surface area contributed by atoms with E-state index in [9.17, 15) is 13.2 Å². The van der Waals surface area contributed by atoms with E-state index in [1.807, 2.05) is 36.1 Å². The molecule has 2 heterocycles. The Kier molecular flexibility index (Phi) is 7.82. The van der Waals surface area contributed by atoms with E-state index >= 15 is 0 Å². The maximum atomic E-state index is 13.6. The van der Waals surface area contributed by atoms with E-state index in [0.717, 1.165) is 35.4 Å². The van der Waals surface area contributed by atoms with Crippen molar-refractivity contribution < 1.29 is 17.6 Å². The van der Waals surface area contributed by atoms with Crippen LogP contribution < -0.4 is 9.80 Å². The molecule has 1 fully saturated rings. The first kappa shape index (κ1) is 27.0. The van der Waals surface area contributed by atoms with Crippen LogP contribution in [0.4, 0.5) is 25.0 Å². The molecule has 39 heavy (non-hydrogen) atoms. The summed E-state index contributed by atoms with van der Waals surface area (Å²) in [6.45, 7) is 8.04. The Hall–Kier alpha value is -3.55. The number of fused-ring (bicyclic) bond motifs is 1. The van der Waals surface area contributed by atoms with Crippen molar-refractivity contribution in [1.82, 2.24) is 9.97 Å². The first-order valence-electron chi connectivity index (χ1n) is 13.7. The Morgan fingerprint density at radius 1 is 0.949 bits per heavy atom. The fourth-order valence-corrected chi connectivity index (χ4v) is 5.63. The number of aryl methyl sites for hydroxylation is 2. The summed E-state index contributed by atoms with van der Waals surface area (Å²) in [5.74, 6) is 1.56. The zero-order valence-electron chi connectivity index (χ0n) is 22.8. The molecule has 0 bridgehead atoms. The summed E-state index contributed by atoms with van der Waals surface area (Å²) < 4.78 is 46.6. The quantitative estimate of drug-likeness (QED) is 0.216. The molecule has 0 saturated heterocycles. The second kappa shape index (κ2) is 11.3. The van der Waals surface area contributed by atoms with Gasteiger partial charge in [-0.25, -0.2) is 4.98 Å². The molecule has 1 aliphatic carbocycles. The summed E-state index contributed by atoms with van der Waals surface area (Å²) in [4.78, 5) is 13.9. The van der Waals surface area contributed by atoms with E-state index in [0.29, 0.717) is 35.3 Å². The molecule has 4 aromatic rings. The van der Waals surface area contributed by atoms with Gasteiger partial charge in [-0.05, 0) is 69.4 Å². The number of rotatable bonds is 9. The van der Waals surface area contributed by atoms with Crippen LogP contribution in [0.25, 0.3) is 10.9 Å². The number of anilines is 2. The number of halogens is 3. The van der Waals surface area contributed by atoms with Gasteiger partial charge in [0.15, 0.2) is 0 Å². The SMILES string of the molecule is CCN(CC1CCCC1)c1nc2ccccc2cc1CN(Cc1cc(C)cc(C(F)(F)F)c1)c1nc(C)co1. The van der Waals surface area contributed by atoms with Crippen molar-refractivity contribution in [2.24, 2.45) is 5.92 Å². The van der Waals surface area contributed by atoms with Gasteiger partial charge in [-0.2, -0.15) is 18.2 Å². The fourth-order valence-electron chi connectivity index (χ4n) is 5.63. The summed E-state index contributed by atoms with van der Waals surface area (Å²) in [5.41, 5.74) is 3.09. The van der Waals surface area contributed by atoms with Crippen LogP contribution in [0.2, 0.25) is 0 Å². The molecule has 5 rings (SSSR count). The zero-order chi connectivity index (χ0) is 27.6. The Morgan fingerprint density at radius 2 is 1.72 bits per heavy atom. The summed E-state index contributed by atoms with van der Waals surface area (Å²) in [7, 11) is 0. The molecule has 206 valence electrons. The lowest BCUT2D eigenvalue weighted by atomic mass is 10.0. The molecule has 8 heteroatoms. The molecule has 0 N–H and O–H groups in total. The minimum absolute atomic E-state index is 0.214. The molecule has 0 amide bonds. The number of oxazole rings is 1. The van der Waals surface area contributed by atoms with E-state index < -0.39 is 11.7 Å². The summed E-state index contributed by atoms with van der Waals surface area (Å²) in [6.07, 6.45) is 2.16. The van der Waals surface area contributed by atoms with Gasteiger partial charge in [0.2, 0.25) is 0 Å². The third-order valence-corrected chi connectivity index (χ3v) is 7.49. The molecule has 2 aromatic carbocycles. The zero-order valence-corrected chi connectivity index (χ0v) is 22.8. The number of pyridine rings is 1. The standard InChI is InChI=1S/C31H35F3N4O/c1-4-37(17-23-9-5-6-10-23)29-26(16-25-11-7-8-12-28(25)36-29)19-38(30-35-22(3)20-39-30)18-24-13-21(2)14-27(15-24)31(32,33)34/h7-8,11-16,20,23H,4-6,9-10,17-19H2,1-3H3. The topological polar surface area (TPSA) is 45.4 Å². The van der Waals surface area contributed by atoms with Gasteiger partial charge in [-0.3, -0.25) is 0 Å². The van der Waals surface area contributed by atoms with Gasteiger partial charge >= 0.3 is 6.18 Å². The maximum absolute atomic E-state index is 13.6. The van der Waals surface area contributed by atoms with Crippen LogP contribution in [0.5, 0.6) is 0 Å². The van der Waals surface area contributed by atoms with Crippen molar-refractivity contribution in [3.8, 4) is 0 Å². The first-order chi connectivity index (χ1) is 18.7. The average molecular weight is 537 g/mol. The average Bonchev–Trinajstić information content (AvgIpc) is 3.57. The normalized spacial score (nSPS) is 14.3. The van der Waals surface area contributed by atoms with Gasteiger partial charge in [0, 0.05) is 30.6 Å². The second-order valence-corrected chi connectivity index (χ2v) is 10.7. The van der Waals surface area contributed by atoms with Crippen LogP contribution in [0, 0.1) is 19.8 Å². The largest absolute Gasteiger partial charge is 0.432 e. The molecule has 0 atom stereocenters. The third kappa shape index (κ3) is 6.37. The maximum Gasteiger partial charge on any atom is 0.416 e. The van der Waals surface area contributed by atoms with E-state index in [2.05, 4.69) is 22.9 Å². The van der Waals surface area contributed by atoms with Gasteiger partial charge in [0.25, 0.3) is 6.01 Å². The smallest absolute Gasteiger partial charge is 0.416 e. The first-order valence-corrected chi connectivity index (χ1v) is 13.7. The van der Waals surface area contributed by atoms with Crippen LogP contribution in [0.15, 0.2) is 59.2 Å². The van der Waals surface area contributed by atoms with E-state index in [1.54, 1.807) is 19.3 Å². The van der Waals surface area contributed by atoms with Crippen molar-refractivity contribution in [2.75, 3.05) is 22.9 Å². The minimum atomic E-state index is -4.41. The van der Waals surface area contributed by atoms with Crippen LogP contribution >= 0.6 is 0 Å². The number of nitrogens with zero attached hydrogens (tertiary/aromatic N) is 4. The molecule has 1 aliphatic rings. The predicted molar refractivity (Wildman–Crippen MR) is 149 cm³/mol. The van der Waals surface area contributed by atoms with Crippen molar-refractivity contribution in [3.63, 3.8) is 0 Å². The molecule has 2 aromatic heterocycles. The summed E-state index contributed by atoms with van der Waals surface area (Å²) in [6, 6.07) is 14.7. The number of para-hydroxylation sites is 1. The molecule has 0 aliphatic heterocycles. The number of alkyl halides is 3. The van der Waals surface area contributed by atoms with Crippen molar-refractivity contribution >= 4 is 22.7 Å². The van der Waals surface area contributed by atoms with Crippen molar-refractivity contribution in [3.05, 3.63) is 82.7 Å².